The molecule has 1 amide bonds. The lowest BCUT2D eigenvalue weighted by Gasteiger charge is -2.26. The van der Waals surface area contributed by atoms with Crippen molar-refractivity contribution in [1.29, 1.82) is 0 Å². The summed E-state index contributed by atoms with van der Waals surface area (Å²) in [7, 11) is 0. The normalized spacial score (nSPS) is 21.0. The molecule has 2 aromatic rings. The highest BCUT2D eigenvalue weighted by molar-refractivity contribution is 6.04. The molecule has 0 bridgehead atoms. The molecule has 6 heteroatoms. The first-order valence-corrected chi connectivity index (χ1v) is 9.15. The summed E-state index contributed by atoms with van der Waals surface area (Å²) >= 11 is 0. The molecule has 0 N–H and O–H groups in total. The van der Waals surface area contributed by atoms with Crippen molar-refractivity contribution < 1.29 is 4.79 Å². The van der Waals surface area contributed by atoms with Crippen molar-refractivity contribution in [2.75, 3.05) is 4.90 Å². The number of aryl methyl sites for hydroxylation is 3. The monoisotopic (exact) mass is 361 g/mol. The van der Waals surface area contributed by atoms with E-state index in [-0.39, 0.29) is 11.8 Å². The zero-order chi connectivity index (χ0) is 19.3. The average molecular weight is 361 g/mol. The summed E-state index contributed by atoms with van der Waals surface area (Å²) in [4.78, 5) is 32.5. The van der Waals surface area contributed by atoms with Crippen LogP contribution in [0.2, 0.25) is 0 Å². The summed E-state index contributed by atoms with van der Waals surface area (Å²) in [6.45, 7) is 9.67. The maximum atomic E-state index is 13.3. The average Bonchev–Trinajstić information content (AvgIpc) is 2.81. The minimum atomic E-state index is -0.482. The number of anilines is 1. The van der Waals surface area contributed by atoms with E-state index in [1.54, 1.807) is 4.90 Å². The van der Waals surface area contributed by atoms with Gasteiger partial charge in [-0.2, -0.15) is 0 Å². The number of fused-ring (bicyclic) bond motifs is 1. The third-order valence-corrected chi connectivity index (χ3v) is 5.41. The molecule has 1 aliphatic carbocycles. The van der Waals surface area contributed by atoms with Gasteiger partial charge in [0, 0.05) is 41.3 Å². The summed E-state index contributed by atoms with van der Waals surface area (Å²) in [5.41, 5.74) is 3.36. The first-order chi connectivity index (χ1) is 12.8. The smallest absolute Gasteiger partial charge is 0.238 e. The molecule has 138 valence electrons. The van der Waals surface area contributed by atoms with Crippen molar-refractivity contribution in [3.63, 3.8) is 0 Å². The Bertz CT molecular complexity index is 968. The molecule has 1 atom stereocenters. The molecule has 6 nitrogen and oxygen atoms in total. The highest BCUT2D eigenvalue weighted by atomic mass is 16.2. The van der Waals surface area contributed by atoms with E-state index in [0.717, 1.165) is 34.8 Å². The predicted octanol–water partition coefficient (Wildman–Crippen LogP) is 3.55. The van der Waals surface area contributed by atoms with Gasteiger partial charge in [-0.1, -0.05) is 19.9 Å². The van der Waals surface area contributed by atoms with Gasteiger partial charge in [0.1, 0.15) is 17.5 Å². The van der Waals surface area contributed by atoms with Gasteiger partial charge in [-0.3, -0.25) is 9.69 Å². The number of nitrogens with zero attached hydrogens (tertiary/aromatic N) is 5. The van der Waals surface area contributed by atoms with E-state index in [1.807, 2.05) is 53.1 Å². The van der Waals surface area contributed by atoms with E-state index < -0.39 is 5.41 Å². The summed E-state index contributed by atoms with van der Waals surface area (Å²) in [6.07, 6.45) is 8.72. The van der Waals surface area contributed by atoms with Crippen molar-refractivity contribution in [2.24, 2.45) is 11.3 Å². The van der Waals surface area contributed by atoms with Crippen LogP contribution in [0, 0.1) is 32.1 Å². The Morgan fingerprint density at radius 3 is 2.44 bits per heavy atom. The van der Waals surface area contributed by atoms with Gasteiger partial charge in [-0.15, -0.1) is 0 Å². The topological polar surface area (TPSA) is 71.9 Å². The van der Waals surface area contributed by atoms with Crippen molar-refractivity contribution in [3.05, 3.63) is 59.2 Å². The van der Waals surface area contributed by atoms with Crippen molar-refractivity contribution >= 4 is 17.3 Å². The fraction of sp³-hybridized carbons (Fsp3) is 0.381. The second-order valence-electron chi connectivity index (χ2n) is 7.81. The number of aromatic nitrogens is 4. The summed E-state index contributed by atoms with van der Waals surface area (Å²) in [5.74, 6) is 2.25. The molecule has 1 saturated heterocycles. The molecular formula is C21H23N5O. The Kier molecular flexibility index (Phi) is 3.94. The molecular weight excluding hydrogens is 338 g/mol. The molecule has 0 radical (unpaired) electrons. The molecule has 3 heterocycles. The SMILES string of the molecule is Cc1cc(N2C(=O)C(C)(C)C3CC=C(c4cnc(C)nc4)C=C32)nc(C)n1. The molecule has 1 unspecified atom stereocenters. The van der Waals surface area contributed by atoms with Crippen LogP contribution < -0.4 is 4.90 Å². The van der Waals surface area contributed by atoms with Crippen LogP contribution in [0.3, 0.4) is 0 Å². The number of allylic oxidation sites excluding steroid dienone is 4. The van der Waals surface area contributed by atoms with Crippen LogP contribution in [-0.2, 0) is 4.79 Å². The van der Waals surface area contributed by atoms with Crippen LogP contribution >= 0.6 is 0 Å². The first-order valence-electron chi connectivity index (χ1n) is 9.15. The highest BCUT2D eigenvalue weighted by Gasteiger charge is 2.51. The number of rotatable bonds is 2. The van der Waals surface area contributed by atoms with Crippen molar-refractivity contribution in [1.82, 2.24) is 19.9 Å². The second-order valence-corrected chi connectivity index (χ2v) is 7.81. The van der Waals surface area contributed by atoms with E-state index in [0.29, 0.717) is 11.6 Å². The zero-order valence-electron chi connectivity index (χ0n) is 16.3. The van der Waals surface area contributed by atoms with Crippen LogP contribution in [0.15, 0.2) is 36.3 Å². The van der Waals surface area contributed by atoms with E-state index in [2.05, 4.69) is 32.1 Å². The van der Waals surface area contributed by atoms with Gasteiger partial charge < -0.3 is 0 Å². The fourth-order valence-electron chi connectivity index (χ4n) is 3.91. The lowest BCUT2D eigenvalue weighted by molar-refractivity contribution is -0.125. The number of carbonyl (C=O) groups is 1. The second kappa shape index (κ2) is 6.08. The number of hydrogen-bond acceptors (Lipinski definition) is 5. The van der Waals surface area contributed by atoms with E-state index >= 15 is 0 Å². The number of hydrogen-bond donors (Lipinski definition) is 0. The third kappa shape index (κ3) is 2.85. The Hall–Kier alpha value is -2.89. The molecule has 2 aromatic heterocycles. The van der Waals surface area contributed by atoms with E-state index in [9.17, 15) is 4.79 Å². The van der Waals surface area contributed by atoms with Crippen molar-refractivity contribution in [3.8, 4) is 0 Å². The molecule has 1 fully saturated rings. The molecule has 0 saturated carbocycles. The summed E-state index contributed by atoms with van der Waals surface area (Å²) in [6, 6.07) is 1.87. The van der Waals surface area contributed by atoms with Crippen LogP contribution in [0.5, 0.6) is 0 Å². The summed E-state index contributed by atoms with van der Waals surface area (Å²) in [5, 5.41) is 0. The number of amides is 1. The van der Waals surface area contributed by atoms with Crippen LogP contribution in [0.4, 0.5) is 5.82 Å². The van der Waals surface area contributed by atoms with Gasteiger partial charge in [-0.05, 0) is 38.8 Å². The Morgan fingerprint density at radius 2 is 1.78 bits per heavy atom. The summed E-state index contributed by atoms with van der Waals surface area (Å²) < 4.78 is 0. The van der Waals surface area contributed by atoms with Gasteiger partial charge in [0.25, 0.3) is 0 Å². The highest BCUT2D eigenvalue weighted by Crippen LogP contribution is 2.50. The predicted molar refractivity (Wildman–Crippen MR) is 104 cm³/mol. The Morgan fingerprint density at radius 1 is 1.07 bits per heavy atom. The molecule has 0 spiro atoms. The van der Waals surface area contributed by atoms with Crippen molar-refractivity contribution in [2.45, 2.75) is 41.0 Å². The van der Waals surface area contributed by atoms with E-state index in [1.165, 1.54) is 0 Å². The van der Waals surface area contributed by atoms with Gasteiger partial charge in [0.2, 0.25) is 5.91 Å². The first kappa shape index (κ1) is 17.5. The molecule has 1 aliphatic heterocycles. The van der Waals surface area contributed by atoms with E-state index in [4.69, 9.17) is 0 Å². The number of carbonyl (C=O) groups excluding carboxylic acids is 1. The maximum Gasteiger partial charge on any atom is 0.238 e. The van der Waals surface area contributed by atoms with Gasteiger partial charge in [0.05, 0.1) is 5.41 Å². The standard InChI is InChI=1S/C21H23N5O/c1-12-8-19(25-14(3)24-12)26-18-9-15(16-10-22-13(2)23-11-16)6-7-17(18)21(4,5)20(26)27/h6,8-11,17H,7H2,1-5H3. The van der Waals surface area contributed by atoms with Gasteiger partial charge in [0.15, 0.2) is 0 Å². The fourth-order valence-corrected chi connectivity index (χ4v) is 3.91. The molecule has 4 rings (SSSR count). The Balaban J connectivity index is 1.82. The lowest BCUT2D eigenvalue weighted by atomic mass is 9.75. The lowest BCUT2D eigenvalue weighted by Crippen LogP contribution is -2.32. The largest absolute Gasteiger partial charge is 0.273 e. The van der Waals surface area contributed by atoms with Gasteiger partial charge >= 0.3 is 0 Å². The van der Waals surface area contributed by atoms with Gasteiger partial charge in [-0.25, -0.2) is 19.9 Å². The Labute approximate surface area is 159 Å². The zero-order valence-corrected chi connectivity index (χ0v) is 16.3. The quantitative estimate of drug-likeness (QED) is 0.818. The minimum absolute atomic E-state index is 0.0751. The van der Waals surface area contributed by atoms with Crippen LogP contribution in [0.25, 0.3) is 5.57 Å². The molecule has 27 heavy (non-hydrogen) atoms. The molecule has 2 aliphatic rings. The van der Waals surface area contributed by atoms with Crippen LogP contribution in [-0.4, -0.2) is 25.8 Å². The minimum Gasteiger partial charge on any atom is -0.273 e. The van der Waals surface area contributed by atoms with Crippen LogP contribution in [0.1, 0.15) is 43.2 Å². The maximum absolute atomic E-state index is 13.3. The molecule has 0 aromatic carbocycles. The third-order valence-electron chi connectivity index (χ3n) is 5.41.